The first-order valence-corrected chi connectivity index (χ1v) is 6.41. The van der Waals surface area contributed by atoms with E-state index in [1.165, 1.54) is 12.1 Å². The van der Waals surface area contributed by atoms with Crippen molar-refractivity contribution in [1.29, 1.82) is 5.26 Å². The fourth-order valence-corrected chi connectivity index (χ4v) is 1.80. The number of benzene rings is 1. The number of carboxylic acid groups (broad SMARTS) is 1. The maximum Gasteiger partial charge on any atom is 0.417 e. The second-order valence-electron chi connectivity index (χ2n) is 4.50. The first-order valence-electron chi connectivity index (χ1n) is 6.41. The quantitative estimate of drug-likeness (QED) is 0.754. The zero-order chi connectivity index (χ0) is 15.9. The molecule has 0 aliphatic rings. The smallest absolute Gasteiger partial charge is 0.417 e. The maximum atomic E-state index is 12.6. The van der Waals surface area contributed by atoms with Crippen LogP contribution in [0.5, 0.6) is 0 Å². The van der Waals surface area contributed by atoms with Crippen LogP contribution in [0, 0.1) is 11.3 Å². The van der Waals surface area contributed by atoms with Gasteiger partial charge < -0.3 is 10.4 Å². The van der Waals surface area contributed by atoms with Gasteiger partial charge in [-0.2, -0.15) is 18.4 Å². The van der Waals surface area contributed by atoms with Crippen molar-refractivity contribution >= 4 is 11.7 Å². The van der Waals surface area contributed by atoms with Crippen LogP contribution in [0.4, 0.5) is 18.9 Å². The van der Waals surface area contributed by atoms with Crippen molar-refractivity contribution in [2.45, 2.75) is 31.9 Å². The first kappa shape index (κ1) is 16.8. The van der Waals surface area contributed by atoms with Crippen molar-refractivity contribution in [3.05, 3.63) is 29.3 Å². The Morgan fingerprint density at radius 2 is 2.00 bits per heavy atom. The minimum absolute atomic E-state index is 0.110. The summed E-state index contributed by atoms with van der Waals surface area (Å²) in [7, 11) is 0. The molecule has 1 aromatic carbocycles. The molecule has 21 heavy (non-hydrogen) atoms. The summed E-state index contributed by atoms with van der Waals surface area (Å²) in [6.07, 6.45) is -2.45. The molecule has 0 bridgehead atoms. The molecule has 7 heteroatoms. The van der Waals surface area contributed by atoms with Crippen LogP contribution in [0.3, 0.4) is 0 Å². The molecule has 0 unspecified atom stereocenters. The number of hydrogen-bond donors (Lipinski definition) is 2. The SMILES string of the molecule is N#Cc1cc(NCCCCCC(=O)O)ccc1C(F)(F)F. The Bertz CT molecular complexity index is 536. The van der Waals surface area contributed by atoms with Crippen molar-refractivity contribution in [1.82, 2.24) is 0 Å². The third kappa shape index (κ3) is 5.73. The Hall–Kier alpha value is -2.23. The molecule has 2 N–H and O–H groups in total. The maximum absolute atomic E-state index is 12.6. The largest absolute Gasteiger partial charge is 0.481 e. The van der Waals surface area contributed by atoms with Crippen LogP contribution < -0.4 is 5.32 Å². The lowest BCUT2D eigenvalue weighted by molar-refractivity contribution is -0.138. The van der Waals surface area contributed by atoms with Crippen LogP contribution in [0.15, 0.2) is 18.2 Å². The van der Waals surface area contributed by atoms with Gasteiger partial charge in [0, 0.05) is 18.7 Å². The summed E-state index contributed by atoms with van der Waals surface area (Å²) in [6.45, 7) is 0.510. The molecule has 1 aromatic rings. The molecule has 0 saturated heterocycles. The molecule has 114 valence electrons. The predicted molar refractivity (Wildman–Crippen MR) is 70.8 cm³/mol. The van der Waals surface area contributed by atoms with Crippen LogP contribution in [0.2, 0.25) is 0 Å². The number of unbranched alkanes of at least 4 members (excludes halogenated alkanes) is 2. The molecule has 0 aromatic heterocycles. The van der Waals surface area contributed by atoms with Crippen LogP contribution in [-0.2, 0) is 11.0 Å². The van der Waals surface area contributed by atoms with Gasteiger partial charge in [0.25, 0.3) is 0 Å². The zero-order valence-electron chi connectivity index (χ0n) is 11.2. The highest BCUT2D eigenvalue weighted by Crippen LogP contribution is 2.32. The van der Waals surface area contributed by atoms with E-state index < -0.39 is 23.3 Å². The van der Waals surface area contributed by atoms with Crippen molar-refractivity contribution in [2.75, 3.05) is 11.9 Å². The highest BCUT2D eigenvalue weighted by atomic mass is 19.4. The number of rotatable bonds is 7. The van der Waals surface area contributed by atoms with Gasteiger partial charge in [-0.15, -0.1) is 0 Å². The number of nitrogens with zero attached hydrogens (tertiary/aromatic N) is 1. The minimum Gasteiger partial charge on any atom is -0.481 e. The van der Waals surface area contributed by atoms with Gasteiger partial charge in [0.2, 0.25) is 0 Å². The molecule has 0 aliphatic carbocycles. The summed E-state index contributed by atoms with van der Waals surface area (Å²) in [5.41, 5.74) is -0.923. The second-order valence-corrected chi connectivity index (χ2v) is 4.50. The summed E-state index contributed by atoms with van der Waals surface area (Å²) in [5, 5.41) is 20.1. The Labute approximate surface area is 120 Å². The Kier molecular flexibility index (Phi) is 6.03. The summed E-state index contributed by atoms with van der Waals surface area (Å²) in [5.74, 6) is -0.843. The van der Waals surface area contributed by atoms with Crippen molar-refractivity contribution in [3.63, 3.8) is 0 Å². The molecule has 0 saturated carbocycles. The van der Waals surface area contributed by atoms with Gasteiger partial charge in [0.05, 0.1) is 17.2 Å². The molecule has 0 spiro atoms. The van der Waals surface area contributed by atoms with E-state index in [1.54, 1.807) is 6.07 Å². The number of nitriles is 1. The van der Waals surface area contributed by atoms with Crippen LogP contribution in [0.25, 0.3) is 0 Å². The summed E-state index contributed by atoms with van der Waals surface area (Å²) < 4.78 is 37.8. The molecule has 0 fully saturated rings. The zero-order valence-corrected chi connectivity index (χ0v) is 11.2. The topological polar surface area (TPSA) is 73.1 Å². The molecular formula is C14H15F3N2O2. The number of nitrogens with one attached hydrogen (secondary N) is 1. The van der Waals surface area contributed by atoms with E-state index in [4.69, 9.17) is 10.4 Å². The monoisotopic (exact) mass is 300 g/mol. The molecule has 0 aliphatic heterocycles. The number of anilines is 1. The molecule has 0 radical (unpaired) electrons. The summed E-state index contributed by atoms with van der Waals surface area (Å²) >= 11 is 0. The van der Waals surface area contributed by atoms with Gasteiger partial charge in [-0.25, -0.2) is 0 Å². The van der Waals surface area contributed by atoms with E-state index in [9.17, 15) is 18.0 Å². The van der Waals surface area contributed by atoms with Crippen molar-refractivity contribution in [2.24, 2.45) is 0 Å². The number of alkyl halides is 3. The Morgan fingerprint density at radius 3 is 2.57 bits per heavy atom. The molecular weight excluding hydrogens is 285 g/mol. The molecule has 4 nitrogen and oxygen atoms in total. The lowest BCUT2D eigenvalue weighted by atomic mass is 10.1. The van der Waals surface area contributed by atoms with Gasteiger partial charge in [0.15, 0.2) is 0 Å². The molecule has 0 amide bonds. The van der Waals surface area contributed by atoms with E-state index in [-0.39, 0.29) is 6.42 Å². The number of hydrogen-bond acceptors (Lipinski definition) is 3. The summed E-state index contributed by atoms with van der Waals surface area (Å²) in [4.78, 5) is 10.3. The third-order valence-electron chi connectivity index (χ3n) is 2.84. The highest BCUT2D eigenvalue weighted by Gasteiger charge is 2.33. The normalized spacial score (nSPS) is 11.0. The summed E-state index contributed by atoms with van der Waals surface area (Å²) in [6, 6.07) is 4.87. The van der Waals surface area contributed by atoms with E-state index in [0.717, 1.165) is 6.07 Å². The Morgan fingerprint density at radius 1 is 1.29 bits per heavy atom. The van der Waals surface area contributed by atoms with Crippen molar-refractivity contribution < 1.29 is 23.1 Å². The first-order chi connectivity index (χ1) is 9.84. The van der Waals surface area contributed by atoms with Gasteiger partial charge in [0.1, 0.15) is 0 Å². The minimum atomic E-state index is -4.54. The fraction of sp³-hybridized carbons (Fsp3) is 0.429. The van der Waals surface area contributed by atoms with Gasteiger partial charge in [-0.3, -0.25) is 4.79 Å². The third-order valence-corrected chi connectivity index (χ3v) is 2.84. The van der Waals surface area contributed by atoms with Gasteiger partial charge in [-0.05, 0) is 31.0 Å². The highest BCUT2D eigenvalue weighted by molar-refractivity contribution is 5.66. The number of aliphatic carboxylic acids is 1. The molecule has 0 heterocycles. The average Bonchev–Trinajstić information content (AvgIpc) is 2.41. The lowest BCUT2D eigenvalue weighted by Gasteiger charge is -2.11. The van der Waals surface area contributed by atoms with E-state index >= 15 is 0 Å². The fourth-order valence-electron chi connectivity index (χ4n) is 1.80. The number of carboxylic acids is 1. The predicted octanol–water partition coefficient (Wildman–Crippen LogP) is 3.63. The Balaban J connectivity index is 2.51. The second kappa shape index (κ2) is 7.53. The van der Waals surface area contributed by atoms with Crippen molar-refractivity contribution in [3.8, 4) is 6.07 Å². The van der Waals surface area contributed by atoms with Gasteiger partial charge >= 0.3 is 12.1 Å². The van der Waals surface area contributed by atoms with Crippen LogP contribution in [-0.4, -0.2) is 17.6 Å². The molecule has 1 rings (SSSR count). The average molecular weight is 300 g/mol. The lowest BCUT2D eigenvalue weighted by Crippen LogP contribution is -2.09. The van der Waals surface area contributed by atoms with Gasteiger partial charge in [-0.1, -0.05) is 6.42 Å². The van der Waals surface area contributed by atoms with Crippen LogP contribution in [0.1, 0.15) is 36.8 Å². The van der Waals surface area contributed by atoms with Crippen LogP contribution >= 0.6 is 0 Å². The van der Waals surface area contributed by atoms with E-state index in [0.29, 0.717) is 31.5 Å². The molecule has 0 atom stereocenters. The number of carbonyl (C=O) groups is 1. The standard InChI is InChI=1S/C14H15F3N2O2/c15-14(16,17)12-6-5-11(8-10(12)9-18)19-7-3-1-2-4-13(20)21/h5-6,8,19H,1-4,7H2,(H,20,21). The van der Waals surface area contributed by atoms with E-state index in [1.807, 2.05) is 0 Å². The number of halogens is 3. The van der Waals surface area contributed by atoms with E-state index in [2.05, 4.69) is 5.32 Å².